The van der Waals surface area contributed by atoms with Crippen LogP contribution in [0, 0.1) is 0 Å². The lowest BCUT2D eigenvalue weighted by Gasteiger charge is -2.14. The van der Waals surface area contributed by atoms with E-state index in [-0.39, 0.29) is 0 Å². The van der Waals surface area contributed by atoms with Crippen LogP contribution in [0.15, 0.2) is 36.7 Å². The zero-order chi connectivity index (χ0) is 13.5. The van der Waals surface area contributed by atoms with Crippen LogP contribution in [0.5, 0.6) is 11.5 Å². The first kappa shape index (κ1) is 13.3. The molecule has 100 valence electrons. The van der Waals surface area contributed by atoms with Crippen LogP contribution in [0.25, 0.3) is 0 Å². The predicted molar refractivity (Wildman–Crippen MR) is 72.1 cm³/mol. The average Bonchev–Trinajstić information content (AvgIpc) is 2.47. The summed E-state index contributed by atoms with van der Waals surface area (Å²) in [5, 5.41) is 0. The molecule has 0 radical (unpaired) electrons. The molecule has 2 aromatic rings. The smallest absolute Gasteiger partial charge is 0.166 e. The van der Waals surface area contributed by atoms with Crippen molar-refractivity contribution in [1.82, 2.24) is 9.97 Å². The van der Waals surface area contributed by atoms with Gasteiger partial charge in [-0.2, -0.15) is 0 Å². The molecule has 0 amide bonds. The third kappa shape index (κ3) is 3.42. The number of ether oxygens (including phenoxy) is 2. The molecule has 0 bridgehead atoms. The van der Waals surface area contributed by atoms with Gasteiger partial charge in [0.05, 0.1) is 7.11 Å². The minimum absolute atomic E-state index is 0.304. The highest BCUT2D eigenvalue weighted by molar-refractivity contribution is 5.46. The number of nitrogens with two attached hydrogens (primary N) is 1. The Labute approximate surface area is 112 Å². The summed E-state index contributed by atoms with van der Waals surface area (Å²) in [7, 11) is 1.62. The number of nitrogens with zero attached hydrogens (tertiary/aromatic N) is 2. The quantitative estimate of drug-likeness (QED) is 0.852. The summed E-state index contributed by atoms with van der Waals surface area (Å²) in [5.74, 6) is 2.04. The molecule has 2 rings (SSSR count). The van der Waals surface area contributed by atoms with Gasteiger partial charge in [-0.15, -0.1) is 0 Å². The van der Waals surface area contributed by atoms with Crippen LogP contribution in [0.2, 0.25) is 0 Å². The monoisotopic (exact) mass is 259 g/mol. The van der Waals surface area contributed by atoms with Crippen molar-refractivity contribution in [2.75, 3.05) is 13.7 Å². The first-order valence-corrected chi connectivity index (χ1v) is 6.09. The van der Waals surface area contributed by atoms with Crippen molar-refractivity contribution in [3.05, 3.63) is 48.0 Å². The normalized spacial score (nSPS) is 10.2. The van der Waals surface area contributed by atoms with Gasteiger partial charge >= 0.3 is 0 Å². The van der Waals surface area contributed by atoms with Crippen LogP contribution < -0.4 is 15.2 Å². The van der Waals surface area contributed by atoms with Crippen molar-refractivity contribution in [1.29, 1.82) is 0 Å². The Morgan fingerprint density at radius 2 is 1.95 bits per heavy atom. The van der Waals surface area contributed by atoms with E-state index in [9.17, 15) is 0 Å². The minimum atomic E-state index is 0.304. The molecular formula is C14H17N3O2. The Balaban J connectivity index is 2.17. The number of para-hydroxylation sites is 1. The lowest BCUT2D eigenvalue weighted by atomic mass is 10.1. The molecule has 0 saturated carbocycles. The largest absolute Gasteiger partial charge is 0.493 e. The van der Waals surface area contributed by atoms with Crippen molar-refractivity contribution in [3.8, 4) is 11.5 Å². The molecule has 0 fully saturated rings. The zero-order valence-corrected chi connectivity index (χ0v) is 10.9. The molecule has 0 atom stereocenters. The van der Waals surface area contributed by atoms with E-state index >= 15 is 0 Å². The van der Waals surface area contributed by atoms with Crippen LogP contribution in [0.3, 0.4) is 0 Å². The SMILES string of the molecule is COc1cccc(CCN)c1OCc1ncccn1. The second-order valence-corrected chi connectivity index (χ2v) is 3.94. The van der Waals surface area contributed by atoms with Gasteiger partial charge < -0.3 is 15.2 Å². The van der Waals surface area contributed by atoms with Crippen molar-refractivity contribution >= 4 is 0 Å². The van der Waals surface area contributed by atoms with E-state index < -0.39 is 0 Å². The van der Waals surface area contributed by atoms with E-state index in [4.69, 9.17) is 15.2 Å². The highest BCUT2D eigenvalue weighted by Crippen LogP contribution is 2.31. The summed E-state index contributed by atoms with van der Waals surface area (Å²) in [6.45, 7) is 0.865. The van der Waals surface area contributed by atoms with E-state index in [1.807, 2.05) is 18.2 Å². The summed E-state index contributed by atoms with van der Waals surface area (Å²) in [6, 6.07) is 7.54. The fourth-order valence-corrected chi connectivity index (χ4v) is 1.78. The predicted octanol–water partition coefficient (Wildman–Crippen LogP) is 1.57. The third-order valence-electron chi connectivity index (χ3n) is 2.66. The molecule has 1 heterocycles. The molecule has 2 N–H and O–H groups in total. The Morgan fingerprint density at radius 1 is 1.16 bits per heavy atom. The van der Waals surface area contributed by atoms with Gasteiger partial charge in [-0.3, -0.25) is 0 Å². The Kier molecular flexibility index (Phi) is 4.69. The van der Waals surface area contributed by atoms with E-state index in [1.54, 1.807) is 25.6 Å². The van der Waals surface area contributed by atoms with Crippen LogP contribution in [0.1, 0.15) is 11.4 Å². The Morgan fingerprint density at radius 3 is 2.63 bits per heavy atom. The second kappa shape index (κ2) is 6.70. The number of rotatable bonds is 6. The molecule has 0 aliphatic heterocycles. The summed E-state index contributed by atoms with van der Waals surface area (Å²) < 4.78 is 11.1. The summed E-state index contributed by atoms with van der Waals surface area (Å²) >= 11 is 0. The van der Waals surface area contributed by atoms with E-state index in [0.29, 0.717) is 30.5 Å². The molecule has 5 nitrogen and oxygen atoms in total. The zero-order valence-electron chi connectivity index (χ0n) is 10.9. The van der Waals surface area contributed by atoms with Crippen LogP contribution in [0.4, 0.5) is 0 Å². The molecule has 0 unspecified atom stereocenters. The number of hydrogen-bond acceptors (Lipinski definition) is 5. The van der Waals surface area contributed by atoms with Gasteiger partial charge in [-0.05, 0) is 30.7 Å². The maximum atomic E-state index is 5.79. The van der Waals surface area contributed by atoms with E-state index in [0.717, 1.165) is 12.0 Å². The van der Waals surface area contributed by atoms with Crippen LogP contribution in [-0.4, -0.2) is 23.6 Å². The highest BCUT2D eigenvalue weighted by atomic mass is 16.5. The van der Waals surface area contributed by atoms with E-state index in [1.165, 1.54) is 0 Å². The van der Waals surface area contributed by atoms with Crippen molar-refractivity contribution < 1.29 is 9.47 Å². The van der Waals surface area contributed by atoms with Crippen LogP contribution in [-0.2, 0) is 13.0 Å². The van der Waals surface area contributed by atoms with Gasteiger partial charge in [-0.1, -0.05) is 12.1 Å². The van der Waals surface area contributed by atoms with Gasteiger partial charge in [0.1, 0.15) is 6.61 Å². The number of aromatic nitrogens is 2. The van der Waals surface area contributed by atoms with E-state index in [2.05, 4.69) is 9.97 Å². The fourth-order valence-electron chi connectivity index (χ4n) is 1.78. The number of hydrogen-bond donors (Lipinski definition) is 1. The molecular weight excluding hydrogens is 242 g/mol. The lowest BCUT2D eigenvalue weighted by Crippen LogP contribution is -2.07. The maximum Gasteiger partial charge on any atom is 0.166 e. The van der Waals surface area contributed by atoms with Crippen molar-refractivity contribution in [3.63, 3.8) is 0 Å². The lowest BCUT2D eigenvalue weighted by molar-refractivity contribution is 0.273. The molecule has 0 spiro atoms. The van der Waals surface area contributed by atoms with Gasteiger partial charge in [0.2, 0.25) is 0 Å². The van der Waals surface area contributed by atoms with Crippen molar-refractivity contribution in [2.45, 2.75) is 13.0 Å². The summed E-state index contributed by atoms with van der Waals surface area (Å²) in [6.07, 6.45) is 4.12. The first-order chi connectivity index (χ1) is 9.35. The maximum absolute atomic E-state index is 5.79. The summed E-state index contributed by atoms with van der Waals surface area (Å²) in [5.41, 5.74) is 6.63. The standard InChI is InChI=1S/C14H17N3O2/c1-18-12-5-2-4-11(6-7-15)14(12)19-10-13-16-8-3-9-17-13/h2-5,8-9H,6-7,10,15H2,1H3. The number of methoxy groups -OCH3 is 1. The third-order valence-corrected chi connectivity index (χ3v) is 2.66. The minimum Gasteiger partial charge on any atom is -0.493 e. The van der Waals surface area contributed by atoms with Gasteiger partial charge in [-0.25, -0.2) is 9.97 Å². The Hall–Kier alpha value is -2.14. The molecule has 5 heteroatoms. The molecule has 0 aliphatic rings. The Bertz CT molecular complexity index is 517. The average molecular weight is 259 g/mol. The first-order valence-electron chi connectivity index (χ1n) is 6.09. The van der Waals surface area contributed by atoms with Crippen LogP contribution >= 0.6 is 0 Å². The summed E-state index contributed by atoms with van der Waals surface area (Å²) in [4.78, 5) is 8.25. The highest BCUT2D eigenvalue weighted by Gasteiger charge is 2.10. The van der Waals surface area contributed by atoms with Gasteiger partial charge in [0, 0.05) is 12.4 Å². The molecule has 0 aliphatic carbocycles. The fraction of sp³-hybridized carbons (Fsp3) is 0.286. The van der Waals surface area contributed by atoms with Gasteiger partial charge in [0.25, 0.3) is 0 Å². The molecule has 0 saturated heterocycles. The molecule has 1 aromatic heterocycles. The second-order valence-electron chi connectivity index (χ2n) is 3.94. The molecule has 19 heavy (non-hydrogen) atoms. The van der Waals surface area contributed by atoms with Crippen molar-refractivity contribution in [2.24, 2.45) is 5.73 Å². The molecule has 1 aromatic carbocycles. The van der Waals surface area contributed by atoms with Gasteiger partial charge in [0.15, 0.2) is 17.3 Å². The number of benzene rings is 1. The topological polar surface area (TPSA) is 70.3 Å².